The maximum Gasteiger partial charge on any atom is 0.0697 e. The van der Waals surface area contributed by atoms with Crippen molar-refractivity contribution < 1.29 is 9.84 Å². The van der Waals surface area contributed by atoms with Crippen LogP contribution in [0.1, 0.15) is 65.2 Å². The second-order valence-corrected chi connectivity index (χ2v) is 6.97. The first-order valence-electron chi connectivity index (χ1n) is 8.15. The topological polar surface area (TPSA) is 41.5 Å². The van der Waals surface area contributed by atoms with E-state index in [2.05, 4.69) is 19.2 Å². The van der Waals surface area contributed by atoms with Gasteiger partial charge in [-0.2, -0.15) is 0 Å². The predicted molar refractivity (Wildman–Crippen MR) is 78.3 cm³/mol. The lowest BCUT2D eigenvalue weighted by Crippen LogP contribution is -2.49. The van der Waals surface area contributed by atoms with Crippen molar-refractivity contribution in [2.45, 2.75) is 83.0 Å². The van der Waals surface area contributed by atoms with Crippen molar-refractivity contribution in [2.75, 3.05) is 13.2 Å². The molecule has 2 atom stereocenters. The summed E-state index contributed by atoms with van der Waals surface area (Å²) in [6.07, 6.45) is 9.41. The Hall–Kier alpha value is -0.120. The zero-order chi connectivity index (χ0) is 13.7. The molecule has 2 N–H and O–H groups in total. The van der Waals surface area contributed by atoms with Crippen molar-refractivity contribution in [3.8, 4) is 0 Å². The standard InChI is InChI=1S/C16H31NO2/c1-13(2)10-15(18)12-17-14-6-9-19-16(11-14)7-4-3-5-8-16/h13-15,17-18H,3-12H2,1-2H3. The van der Waals surface area contributed by atoms with Gasteiger partial charge in [-0.1, -0.05) is 33.1 Å². The van der Waals surface area contributed by atoms with Gasteiger partial charge in [0.2, 0.25) is 0 Å². The van der Waals surface area contributed by atoms with Crippen LogP contribution >= 0.6 is 0 Å². The number of rotatable bonds is 5. The Labute approximate surface area is 118 Å². The average Bonchev–Trinajstić information content (AvgIpc) is 2.37. The van der Waals surface area contributed by atoms with Crippen LogP contribution in [0.25, 0.3) is 0 Å². The van der Waals surface area contributed by atoms with E-state index in [-0.39, 0.29) is 11.7 Å². The smallest absolute Gasteiger partial charge is 0.0697 e. The molecular formula is C16H31NO2. The number of hydrogen-bond donors (Lipinski definition) is 2. The zero-order valence-corrected chi connectivity index (χ0v) is 12.7. The van der Waals surface area contributed by atoms with Crippen LogP contribution in [-0.4, -0.2) is 36.0 Å². The average molecular weight is 269 g/mol. The third-order valence-corrected chi connectivity index (χ3v) is 4.64. The van der Waals surface area contributed by atoms with Gasteiger partial charge in [-0.15, -0.1) is 0 Å². The van der Waals surface area contributed by atoms with E-state index in [1.807, 2.05) is 0 Å². The van der Waals surface area contributed by atoms with E-state index in [1.54, 1.807) is 0 Å². The summed E-state index contributed by atoms with van der Waals surface area (Å²) in [4.78, 5) is 0. The molecule has 0 aromatic heterocycles. The first-order valence-corrected chi connectivity index (χ1v) is 8.15. The van der Waals surface area contributed by atoms with Crippen LogP contribution in [0.4, 0.5) is 0 Å². The summed E-state index contributed by atoms with van der Waals surface area (Å²) in [6.45, 7) is 5.94. The fourth-order valence-corrected chi connectivity index (χ4v) is 3.68. The fourth-order valence-electron chi connectivity index (χ4n) is 3.68. The highest BCUT2D eigenvalue weighted by Crippen LogP contribution is 2.38. The highest BCUT2D eigenvalue weighted by Gasteiger charge is 2.38. The van der Waals surface area contributed by atoms with E-state index >= 15 is 0 Å². The van der Waals surface area contributed by atoms with Gasteiger partial charge in [0.05, 0.1) is 11.7 Å². The third-order valence-electron chi connectivity index (χ3n) is 4.64. The Morgan fingerprint density at radius 2 is 2.00 bits per heavy atom. The monoisotopic (exact) mass is 269 g/mol. The van der Waals surface area contributed by atoms with Gasteiger partial charge < -0.3 is 15.2 Å². The van der Waals surface area contributed by atoms with Crippen molar-refractivity contribution in [3.05, 3.63) is 0 Å². The van der Waals surface area contributed by atoms with Crippen LogP contribution < -0.4 is 5.32 Å². The Balaban J connectivity index is 1.74. The molecule has 0 amide bonds. The molecule has 1 heterocycles. The lowest BCUT2D eigenvalue weighted by atomic mass is 9.78. The van der Waals surface area contributed by atoms with Crippen LogP contribution in [0, 0.1) is 5.92 Å². The van der Waals surface area contributed by atoms with E-state index in [1.165, 1.54) is 32.1 Å². The highest BCUT2D eigenvalue weighted by molar-refractivity contribution is 4.92. The minimum absolute atomic E-state index is 0.164. The molecular weight excluding hydrogens is 238 g/mol. The quantitative estimate of drug-likeness (QED) is 0.806. The van der Waals surface area contributed by atoms with Gasteiger partial charge in [-0.3, -0.25) is 0 Å². The molecule has 3 nitrogen and oxygen atoms in total. The zero-order valence-electron chi connectivity index (χ0n) is 12.7. The normalized spacial score (nSPS) is 28.7. The summed E-state index contributed by atoms with van der Waals surface area (Å²) in [5.74, 6) is 0.566. The SMILES string of the molecule is CC(C)CC(O)CNC1CCOC2(CCCCC2)C1. The second kappa shape index (κ2) is 7.05. The molecule has 1 saturated heterocycles. The molecule has 2 aliphatic rings. The molecule has 3 heteroatoms. The second-order valence-electron chi connectivity index (χ2n) is 6.97. The molecule has 2 unspecified atom stereocenters. The van der Waals surface area contributed by atoms with Crippen LogP contribution in [0.3, 0.4) is 0 Å². The van der Waals surface area contributed by atoms with Gasteiger partial charge in [0, 0.05) is 19.2 Å². The molecule has 0 aromatic rings. The molecule has 2 rings (SSSR count). The molecule has 19 heavy (non-hydrogen) atoms. The van der Waals surface area contributed by atoms with Gasteiger partial charge in [0.25, 0.3) is 0 Å². The number of hydrogen-bond acceptors (Lipinski definition) is 3. The first-order chi connectivity index (χ1) is 9.10. The van der Waals surface area contributed by atoms with E-state index < -0.39 is 0 Å². The number of ether oxygens (including phenoxy) is 1. The van der Waals surface area contributed by atoms with Crippen LogP contribution in [0.5, 0.6) is 0 Å². The number of nitrogens with one attached hydrogen (secondary N) is 1. The first kappa shape index (κ1) is 15.3. The Kier molecular flexibility index (Phi) is 5.67. The van der Waals surface area contributed by atoms with Gasteiger partial charge in [0.1, 0.15) is 0 Å². The third kappa shape index (κ3) is 4.73. The molecule has 0 bridgehead atoms. The van der Waals surface area contributed by atoms with Gasteiger partial charge in [-0.05, 0) is 38.0 Å². The van der Waals surface area contributed by atoms with E-state index in [9.17, 15) is 5.11 Å². The fraction of sp³-hybridized carbons (Fsp3) is 1.00. The van der Waals surface area contributed by atoms with E-state index in [4.69, 9.17) is 4.74 Å². The number of aliphatic hydroxyl groups excluding tert-OH is 1. The maximum atomic E-state index is 9.96. The maximum absolute atomic E-state index is 9.96. The molecule has 0 aromatic carbocycles. The molecule has 2 fully saturated rings. The molecule has 1 aliphatic carbocycles. The molecule has 1 saturated carbocycles. The Morgan fingerprint density at radius 1 is 1.26 bits per heavy atom. The number of aliphatic hydroxyl groups is 1. The minimum Gasteiger partial charge on any atom is -0.392 e. The van der Waals surface area contributed by atoms with Gasteiger partial charge in [0.15, 0.2) is 0 Å². The Bertz CT molecular complexity index is 256. The van der Waals surface area contributed by atoms with Crippen molar-refractivity contribution in [3.63, 3.8) is 0 Å². The Morgan fingerprint density at radius 3 is 2.68 bits per heavy atom. The van der Waals surface area contributed by atoms with Crippen molar-refractivity contribution in [1.29, 1.82) is 0 Å². The van der Waals surface area contributed by atoms with Crippen molar-refractivity contribution in [1.82, 2.24) is 5.32 Å². The van der Waals surface area contributed by atoms with Crippen LogP contribution in [0.2, 0.25) is 0 Å². The lowest BCUT2D eigenvalue weighted by Gasteiger charge is -2.44. The highest BCUT2D eigenvalue weighted by atomic mass is 16.5. The summed E-state index contributed by atoms with van der Waals surface area (Å²) < 4.78 is 6.11. The summed E-state index contributed by atoms with van der Waals surface area (Å²) in [6, 6.07) is 0.536. The summed E-state index contributed by atoms with van der Waals surface area (Å²) >= 11 is 0. The molecule has 112 valence electrons. The molecule has 1 spiro atoms. The van der Waals surface area contributed by atoms with Gasteiger partial charge in [-0.25, -0.2) is 0 Å². The van der Waals surface area contributed by atoms with Gasteiger partial charge >= 0.3 is 0 Å². The van der Waals surface area contributed by atoms with Crippen molar-refractivity contribution >= 4 is 0 Å². The summed E-state index contributed by atoms with van der Waals surface area (Å²) in [5.41, 5.74) is 0.164. The van der Waals surface area contributed by atoms with E-state index in [0.717, 1.165) is 32.4 Å². The largest absolute Gasteiger partial charge is 0.392 e. The summed E-state index contributed by atoms with van der Waals surface area (Å²) in [7, 11) is 0. The van der Waals surface area contributed by atoms with Crippen molar-refractivity contribution in [2.24, 2.45) is 5.92 Å². The molecule has 1 aliphatic heterocycles. The molecule has 0 radical (unpaired) electrons. The lowest BCUT2D eigenvalue weighted by molar-refractivity contribution is -0.109. The summed E-state index contributed by atoms with van der Waals surface area (Å²) in [5, 5.41) is 13.5. The van der Waals surface area contributed by atoms with Crippen LogP contribution in [-0.2, 0) is 4.74 Å². The predicted octanol–water partition coefficient (Wildman–Crippen LogP) is 2.86. The van der Waals surface area contributed by atoms with Crippen LogP contribution in [0.15, 0.2) is 0 Å². The minimum atomic E-state index is -0.204. The van der Waals surface area contributed by atoms with E-state index in [0.29, 0.717) is 12.0 Å².